The van der Waals surface area contributed by atoms with E-state index in [0.29, 0.717) is 11.8 Å². The van der Waals surface area contributed by atoms with Gasteiger partial charge in [0.05, 0.1) is 0 Å². The highest BCUT2D eigenvalue weighted by Crippen LogP contribution is 2.42. The highest BCUT2D eigenvalue weighted by atomic mass is 79.9. The second kappa shape index (κ2) is 7.21. The maximum atomic E-state index is 6.09. The van der Waals surface area contributed by atoms with Crippen molar-refractivity contribution in [2.24, 2.45) is 5.92 Å². The van der Waals surface area contributed by atoms with E-state index in [9.17, 15) is 0 Å². The van der Waals surface area contributed by atoms with Crippen LogP contribution in [0.1, 0.15) is 23.5 Å². The van der Waals surface area contributed by atoms with Crippen molar-refractivity contribution in [3.05, 3.63) is 64.7 Å². The summed E-state index contributed by atoms with van der Waals surface area (Å²) >= 11 is 11.8. The maximum absolute atomic E-state index is 6.09. The van der Waals surface area contributed by atoms with Gasteiger partial charge in [-0.05, 0) is 54.0 Å². The van der Waals surface area contributed by atoms with Gasteiger partial charge in [0.25, 0.3) is 0 Å². The Hall–Kier alpha value is -0.440. The molecule has 110 valence electrons. The van der Waals surface area contributed by atoms with Gasteiger partial charge in [0, 0.05) is 21.0 Å². The number of rotatable bonds is 5. The monoisotopic (exact) mass is 380 g/mol. The Morgan fingerprint density at radius 2 is 2.05 bits per heavy atom. The first kappa shape index (κ1) is 15.5. The number of hydrogen-bond donors (Lipinski definition) is 0. The lowest BCUT2D eigenvalue weighted by atomic mass is 9.88. The second-order valence-electron chi connectivity index (χ2n) is 5.64. The molecule has 2 atom stereocenters. The van der Waals surface area contributed by atoms with Gasteiger partial charge in [-0.1, -0.05) is 57.9 Å². The van der Waals surface area contributed by atoms with E-state index in [4.69, 9.17) is 11.6 Å². The first-order valence-electron chi connectivity index (χ1n) is 7.28. The van der Waals surface area contributed by atoms with Crippen LogP contribution in [0, 0.1) is 5.92 Å². The molecule has 0 saturated carbocycles. The smallest absolute Gasteiger partial charge is 0.0408 e. The predicted octanol–water partition coefficient (Wildman–Crippen LogP) is 6.17. The van der Waals surface area contributed by atoms with Gasteiger partial charge in [0.2, 0.25) is 0 Å². The Morgan fingerprint density at radius 3 is 2.86 bits per heavy atom. The van der Waals surface area contributed by atoms with E-state index in [2.05, 4.69) is 52.3 Å². The minimum Gasteiger partial charge on any atom is -0.125 e. The summed E-state index contributed by atoms with van der Waals surface area (Å²) in [6.45, 7) is 0. The van der Waals surface area contributed by atoms with Gasteiger partial charge in [-0.3, -0.25) is 0 Å². The normalized spacial score (nSPS) is 18.5. The number of alkyl halides is 1. The van der Waals surface area contributed by atoms with E-state index in [1.807, 2.05) is 23.9 Å². The molecule has 0 radical (unpaired) electrons. The molecule has 0 aromatic heterocycles. The summed E-state index contributed by atoms with van der Waals surface area (Å²) < 4.78 is 0. The van der Waals surface area contributed by atoms with E-state index in [1.54, 1.807) is 5.56 Å². The summed E-state index contributed by atoms with van der Waals surface area (Å²) in [5.41, 5.74) is 2.88. The largest absolute Gasteiger partial charge is 0.125 e. The van der Waals surface area contributed by atoms with Crippen LogP contribution in [0.25, 0.3) is 0 Å². The lowest BCUT2D eigenvalue weighted by Crippen LogP contribution is -2.12. The Labute approximate surface area is 144 Å². The Balaban J connectivity index is 1.68. The van der Waals surface area contributed by atoms with Crippen molar-refractivity contribution in [1.29, 1.82) is 0 Å². The third-order valence-corrected chi connectivity index (χ3v) is 6.45. The fraction of sp³-hybridized carbons (Fsp3) is 0.333. The zero-order chi connectivity index (χ0) is 14.7. The van der Waals surface area contributed by atoms with Crippen molar-refractivity contribution in [2.75, 3.05) is 11.1 Å². The summed E-state index contributed by atoms with van der Waals surface area (Å²) in [6, 6.07) is 17.1. The van der Waals surface area contributed by atoms with E-state index in [1.165, 1.54) is 22.6 Å². The molecule has 0 saturated heterocycles. The van der Waals surface area contributed by atoms with Crippen LogP contribution < -0.4 is 0 Å². The van der Waals surface area contributed by atoms with E-state index in [-0.39, 0.29) is 0 Å². The number of fused-ring (bicyclic) bond motifs is 1. The Kier molecular flexibility index (Phi) is 5.31. The Bertz CT molecular complexity index is 614. The van der Waals surface area contributed by atoms with E-state index < -0.39 is 0 Å². The number of hydrogen-bond acceptors (Lipinski definition) is 1. The van der Waals surface area contributed by atoms with Gasteiger partial charge in [-0.15, -0.1) is 11.8 Å². The molecule has 0 bridgehead atoms. The SMILES string of the molecule is Clc1cccc(CC(CBr)CC2CSc3ccccc32)c1. The summed E-state index contributed by atoms with van der Waals surface area (Å²) in [6.07, 6.45) is 2.33. The van der Waals surface area contributed by atoms with Crippen molar-refractivity contribution < 1.29 is 0 Å². The van der Waals surface area contributed by atoms with Crippen molar-refractivity contribution in [1.82, 2.24) is 0 Å². The van der Waals surface area contributed by atoms with Crippen LogP contribution in [0.3, 0.4) is 0 Å². The van der Waals surface area contributed by atoms with Crippen molar-refractivity contribution in [3.63, 3.8) is 0 Å². The minimum absolute atomic E-state index is 0.653. The third kappa shape index (κ3) is 3.85. The fourth-order valence-corrected chi connectivity index (χ4v) is 5.00. The maximum Gasteiger partial charge on any atom is 0.0408 e. The minimum atomic E-state index is 0.653. The topological polar surface area (TPSA) is 0 Å². The van der Waals surface area contributed by atoms with Crippen LogP contribution >= 0.6 is 39.3 Å². The van der Waals surface area contributed by atoms with Gasteiger partial charge in [-0.25, -0.2) is 0 Å². The average molecular weight is 382 g/mol. The van der Waals surface area contributed by atoms with Gasteiger partial charge < -0.3 is 0 Å². The van der Waals surface area contributed by atoms with Gasteiger partial charge in [0.1, 0.15) is 0 Å². The third-order valence-electron chi connectivity index (χ3n) is 4.05. The van der Waals surface area contributed by atoms with Crippen LogP contribution in [-0.4, -0.2) is 11.1 Å². The molecule has 0 aliphatic carbocycles. The summed E-state index contributed by atoms with van der Waals surface area (Å²) in [5.74, 6) is 2.56. The van der Waals surface area contributed by atoms with Crippen LogP contribution in [0.4, 0.5) is 0 Å². The standard InChI is InChI=1S/C18H18BrClS/c19-11-14(8-13-4-3-5-16(20)10-13)9-15-12-21-18-7-2-1-6-17(15)18/h1-7,10,14-15H,8-9,11-12H2. The van der Waals surface area contributed by atoms with Crippen molar-refractivity contribution >= 4 is 39.3 Å². The molecule has 2 aromatic rings. The lowest BCUT2D eigenvalue weighted by Gasteiger charge is -2.19. The molecule has 0 amide bonds. The molecule has 3 rings (SSSR count). The summed E-state index contributed by atoms with van der Waals surface area (Å²) in [5, 5.41) is 1.88. The van der Waals surface area contributed by atoms with Crippen molar-refractivity contribution in [3.8, 4) is 0 Å². The summed E-state index contributed by atoms with van der Waals surface area (Å²) in [4.78, 5) is 1.47. The number of benzene rings is 2. The molecule has 1 aliphatic rings. The molecule has 0 fully saturated rings. The van der Waals surface area contributed by atoms with E-state index in [0.717, 1.165) is 16.8 Å². The molecular formula is C18H18BrClS. The number of thioether (sulfide) groups is 1. The van der Waals surface area contributed by atoms with Gasteiger partial charge in [0.15, 0.2) is 0 Å². The second-order valence-corrected chi connectivity index (χ2v) is 7.78. The van der Waals surface area contributed by atoms with Crippen molar-refractivity contribution in [2.45, 2.75) is 23.7 Å². The zero-order valence-corrected chi connectivity index (χ0v) is 14.9. The molecule has 3 heteroatoms. The molecule has 0 nitrogen and oxygen atoms in total. The van der Waals surface area contributed by atoms with Crippen LogP contribution in [0.5, 0.6) is 0 Å². The number of halogens is 2. The molecule has 2 unspecified atom stereocenters. The first-order valence-corrected chi connectivity index (χ1v) is 9.77. The molecule has 1 heterocycles. The lowest BCUT2D eigenvalue weighted by molar-refractivity contribution is 0.496. The zero-order valence-electron chi connectivity index (χ0n) is 11.8. The highest BCUT2D eigenvalue weighted by molar-refractivity contribution is 9.09. The first-order chi connectivity index (χ1) is 10.3. The Morgan fingerprint density at radius 1 is 1.19 bits per heavy atom. The van der Waals surface area contributed by atoms with Gasteiger partial charge >= 0.3 is 0 Å². The molecule has 0 spiro atoms. The van der Waals surface area contributed by atoms with Crippen LogP contribution in [0.15, 0.2) is 53.4 Å². The molecule has 0 N–H and O–H groups in total. The molecule has 21 heavy (non-hydrogen) atoms. The van der Waals surface area contributed by atoms with Gasteiger partial charge in [-0.2, -0.15) is 0 Å². The fourth-order valence-electron chi connectivity index (χ4n) is 3.02. The highest BCUT2D eigenvalue weighted by Gasteiger charge is 2.25. The predicted molar refractivity (Wildman–Crippen MR) is 97.0 cm³/mol. The molecule has 1 aliphatic heterocycles. The van der Waals surface area contributed by atoms with Crippen LogP contribution in [0.2, 0.25) is 5.02 Å². The molecular weight excluding hydrogens is 364 g/mol. The summed E-state index contributed by atoms with van der Waals surface area (Å²) in [7, 11) is 0. The molecule has 2 aromatic carbocycles. The average Bonchev–Trinajstić information content (AvgIpc) is 2.90. The quantitative estimate of drug-likeness (QED) is 0.558. The van der Waals surface area contributed by atoms with E-state index >= 15 is 0 Å². The van der Waals surface area contributed by atoms with Crippen LogP contribution in [-0.2, 0) is 6.42 Å².